The minimum Gasteiger partial charge on any atom is -0.504 e. The maximum Gasteiger partial charge on any atom is 0.161 e. The van der Waals surface area contributed by atoms with Crippen LogP contribution in [0.15, 0.2) is 12.1 Å². The van der Waals surface area contributed by atoms with E-state index in [1.54, 1.807) is 12.1 Å². The number of anilines is 2. The van der Waals surface area contributed by atoms with Crippen LogP contribution >= 0.6 is 24.8 Å². The largest absolute Gasteiger partial charge is 0.504 e. The average molecular weight is 253 g/mol. The van der Waals surface area contributed by atoms with Gasteiger partial charge in [0.25, 0.3) is 0 Å². The van der Waals surface area contributed by atoms with Crippen molar-refractivity contribution in [3.8, 4) is 5.75 Å². The lowest BCUT2D eigenvalue weighted by atomic mass is 9.86. The van der Waals surface area contributed by atoms with Crippen molar-refractivity contribution in [3.05, 3.63) is 17.7 Å². The topological polar surface area (TPSA) is 72.3 Å². The molecule has 1 rings (SSSR count). The minimum atomic E-state index is -0.0204. The van der Waals surface area contributed by atoms with E-state index in [2.05, 4.69) is 20.8 Å². The van der Waals surface area contributed by atoms with Crippen LogP contribution < -0.4 is 11.5 Å². The standard InChI is InChI=1S/C10H16N2O.2ClH/c1-10(2,3)6-4-7(11)9(13)8(12)5-6;;/h4-5,13H,11-12H2,1-3H3;2*1H. The zero-order chi connectivity index (χ0) is 10.2. The van der Waals surface area contributed by atoms with Gasteiger partial charge in [-0.25, -0.2) is 0 Å². The molecular formula is C10H18Cl2N2O. The molecule has 0 aliphatic heterocycles. The van der Waals surface area contributed by atoms with Crippen molar-refractivity contribution in [1.29, 1.82) is 0 Å². The van der Waals surface area contributed by atoms with Crippen LogP contribution in [-0.2, 0) is 5.41 Å². The maximum atomic E-state index is 9.35. The lowest BCUT2D eigenvalue weighted by Crippen LogP contribution is -2.12. The predicted octanol–water partition coefficient (Wildman–Crippen LogP) is 2.70. The van der Waals surface area contributed by atoms with Crippen LogP contribution in [0.2, 0.25) is 0 Å². The SMILES string of the molecule is CC(C)(C)c1cc(N)c(O)c(N)c1.Cl.Cl. The molecule has 1 aromatic rings. The summed E-state index contributed by atoms with van der Waals surface area (Å²) >= 11 is 0. The Morgan fingerprint density at radius 2 is 1.33 bits per heavy atom. The molecule has 0 amide bonds. The van der Waals surface area contributed by atoms with Crippen molar-refractivity contribution < 1.29 is 5.11 Å². The first-order valence-corrected chi connectivity index (χ1v) is 4.21. The van der Waals surface area contributed by atoms with E-state index in [-0.39, 0.29) is 36.0 Å². The van der Waals surface area contributed by atoms with Crippen molar-refractivity contribution in [3.63, 3.8) is 0 Å². The molecule has 3 nitrogen and oxygen atoms in total. The Morgan fingerprint density at radius 1 is 1.00 bits per heavy atom. The molecule has 0 atom stereocenters. The molecule has 0 saturated heterocycles. The number of nitrogen functional groups attached to an aromatic ring is 2. The van der Waals surface area contributed by atoms with Gasteiger partial charge < -0.3 is 16.6 Å². The van der Waals surface area contributed by atoms with Crippen molar-refractivity contribution in [1.82, 2.24) is 0 Å². The summed E-state index contributed by atoms with van der Waals surface area (Å²) in [5.41, 5.74) is 12.9. The smallest absolute Gasteiger partial charge is 0.161 e. The number of hydrogen-bond acceptors (Lipinski definition) is 3. The highest BCUT2D eigenvalue weighted by Gasteiger charge is 2.16. The molecule has 0 fully saturated rings. The van der Waals surface area contributed by atoms with Gasteiger partial charge in [0.05, 0.1) is 11.4 Å². The molecule has 0 bridgehead atoms. The van der Waals surface area contributed by atoms with Crippen LogP contribution in [0.3, 0.4) is 0 Å². The normalized spacial score (nSPS) is 10.1. The fraction of sp³-hybridized carbons (Fsp3) is 0.400. The molecule has 0 unspecified atom stereocenters. The molecule has 0 radical (unpaired) electrons. The molecular weight excluding hydrogens is 235 g/mol. The highest BCUT2D eigenvalue weighted by Crippen LogP contribution is 2.33. The first-order valence-electron chi connectivity index (χ1n) is 4.21. The van der Waals surface area contributed by atoms with E-state index in [9.17, 15) is 5.11 Å². The average Bonchev–Trinajstić information content (AvgIpc) is 1.97. The summed E-state index contributed by atoms with van der Waals surface area (Å²) < 4.78 is 0. The Hall–Kier alpha value is -0.800. The van der Waals surface area contributed by atoms with Gasteiger partial charge in [0.15, 0.2) is 5.75 Å². The third kappa shape index (κ3) is 3.68. The molecule has 0 aliphatic rings. The van der Waals surface area contributed by atoms with Gasteiger partial charge in [-0.2, -0.15) is 0 Å². The van der Waals surface area contributed by atoms with Crippen LogP contribution in [0.4, 0.5) is 11.4 Å². The van der Waals surface area contributed by atoms with Gasteiger partial charge in [0.2, 0.25) is 0 Å². The second-order valence-electron chi connectivity index (χ2n) is 4.25. The molecule has 88 valence electrons. The summed E-state index contributed by atoms with van der Waals surface area (Å²) in [6, 6.07) is 3.51. The molecule has 0 heterocycles. The van der Waals surface area contributed by atoms with Crippen LogP contribution in [0.5, 0.6) is 5.75 Å². The number of aromatic hydroxyl groups is 1. The molecule has 0 aromatic heterocycles. The minimum absolute atomic E-state index is 0. The Bertz CT molecular complexity index is 312. The second-order valence-corrected chi connectivity index (χ2v) is 4.25. The number of hydrogen-bond donors (Lipinski definition) is 3. The summed E-state index contributed by atoms with van der Waals surface area (Å²) in [6.45, 7) is 6.20. The van der Waals surface area contributed by atoms with E-state index in [1.807, 2.05) is 0 Å². The Kier molecular flexibility index (Phi) is 5.91. The fourth-order valence-corrected chi connectivity index (χ4v) is 1.11. The van der Waals surface area contributed by atoms with Crippen LogP contribution in [0.1, 0.15) is 26.3 Å². The van der Waals surface area contributed by atoms with Gasteiger partial charge in [0.1, 0.15) is 0 Å². The van der Waals surface area contributed by atoms with Gasteiger partial charge in [0, 0.05) is 0 Å². The van der Waals surface area contributed by atoms with E-state index >= 15 is 0 Å². The summed E-state index contributed by atoms with van der Waals surface area (Å²) in [4.78, 5) is 0. The fourth-order valence-electron chi connectivity index (χ4n) is 1.11. The first-order chi connectivity index (χ1) is 5.82. The number of benzene rings is 1. The van der Waals surface area contributed by atoms with Crippen molar-refractivity contribution in [2.24, 2.45) is 0 Å². The van der Waals surface area contributed by atoms with Gasteiger partial charge >= 0.3 is 0 Å². The van der Waals surface area contributed by atoms with E-state index in [4.69, 9.17) is 11.5 Å². The number of phenolic OH excluding ortho intramolecular Hbond substituents is 1. The number of rotatable bonds is 0. The molecule has 5 heteroatoms. The van der Waals surface area contributed by atoms with Crippen LogP contribution in [0.25, 0.3) is 0 Å². The third-order valence-electron chi connectivity index (χ3n) is 2.03. The predicted molar refractivity (Wildman–Crippen MR) is 70.1 cm³/mol. The number of phenols is 1. The van der Waals surface area contributed by atoms with E-state index in [1.165, 1.54) is 0 Å². The number of halogens is 2. The molecule has 1 aromatic carbocycles. The van der Waals surface area contributed by atoms with Gasteiger partial charge in [-0.05, 0) is 23.1 Å². The molecule has 0 saturated carbocycles. The lowest BCUT2D eigenvalue weighted by Gasteiger charge is -2.20. The zero-order valence-corrected chi connectivity index (χ0v) is 10.7. The Labute approximate surface area is 103 Å². The Morgan fingerprint density at radius 3 is 1.60 bits per heavy atom. The lowest BCUT2D eigenvalue weighted by molar-refractivity contribution is 0.479. The Balaban J connectivity index is 0. The summed E-state index contributed by atoms with van der Waals surface area (Å²) in [6.07, 6.45) is 0. The van der Waals surface area contributed by atoms with E-state index in [0.717, 1.165) is 5.56 Å². The molecule has 15 heavy (non-hydrogen) atoms. The van der Waals surface area contributed by atoms with Crippen LogP contribution in [0, 0.1) is 0 Å². The molecule has 0 aliphatic carbocycles. The second kappa shape index (κ2) is 5.33. The van der Waals surface area contributed by atoms with Gasteiger partial charge in [-0.15, -0.1) is 24.8 Å². The first kappa shape index (κ1) is 16.6. The number of nitrogens with two attached hydrogens (primary N) is 2. The highest BCUT2D eigenvalue weighted by molar-refractivity contribution is 5.85. The quantitative estimate of drug-likeness (QED) is 0.491. The third-order valence-corrected chi connectivity index (χ3v) is 2.03. The maximum absolute atomic E-state index is 9.35. The molecule has 0 spiro atoms. The summed E-state index contributed by atoms with van der Waals surface area (Å²) in [5.74, 6) is -0.0204. The highest BCUT2D eigenvalue weighted by atomic mass is 35.5. The van der Waals surface area contributed by atoms with Crippen molar-refractivity contribution in [2.75, 3.05) is 11.5 Å². The summed E-state index contributed by atoms with van der Waals surface area (Å²) in [7, 11) is 0. The van der Waals surface area contributed by atoms with Crippen LogP contribution in [-0.4, -0.2) is 5.11 Å². The van der Waals surface area contributed by atoms with Gasteiger partial charge in [-0.1, -0.05) is 20.8 Å². The molecule has 5 N–H and O–H groups in total. The van der Waals surface area contributed by atoms with Crippen molar-refractivity contribution >= 4 is 36.2 Å². The summed E-state index contributed by atoms with van der Waals surface area (Å²) in [5, 5.41) is 9.35. The van der Waals surface area contributed by atoms with Crippen molar-refractivity contribution in [2.45, 2.75) is 26.2 Å². The van der Waals surface area contributed by atoms with Gasteiger partial charge in [-0.3, -0.25) is 0 Å². The van der Waals surface area contributed by atoms with E-state index in [0.29, 0.717) is 11.4 Å². The zero-order valence-electron chi connectivity index (χ0n) is 9.07. The monoisotopic (exact) mass is 252 g/mol. The van der Waals surface area contributed by atoms with E-state index < -0.39 is 0 Å².